The molecule has 1 N–H and O–H groups in total. The highest BCUT2D eigenvalue weighted by Crippen LogP contribution is 2.48. The molecule has 0 bridgehead atoms. The van der Waals surface area contributed by atoms with Crippen LogP contribution in [-0.4, -0.2) is 13.1 Å². The van der Waals surface area contributed by atoms with Gasteiger partial charge in [-0.15, -0.1) is 0 Å². The third-order valence-corrected chi connectivity index (χ3v) is 4.01. The molecule has 1 nitrogen and oxygen atoms in total. The van der Waals surface area contributed by atoms with Crippen LogP contribution in [0.15, 0.2) is 0 Å². The fourth-order valence-electron chi connectivity index (χ4n) is 3.28. The molecule has 2 aliphatic carbocycles. The van der Waals surface area contributed by atoms with Gasteiger partial charge in [0.05, 0.1) is 0 Å². The van der Waals surface area contributed by atoms with Crippen molar-refractivity contribution in [2.45, 2.75) is 57.4 Å². The Labute approximate surface area is 75.9 Å². The average Bonchev–Trinajstić information content (AvgIpc) is 2.53. The summed E-state index contributed by atoms with van der Waals surface area (Å²) >= 11 is 0. The number of nitrogens with one attached hydrogen (secondary N) is 1. The summed E-state index contributed by atoms with van der Waals surface area (Å²) in [6.45, 7) is 0. The zero-order valence-electron chi connectivity index (χ0n) is 8.23. The summed E-state index contributed by atoms with van der Waals surface area (Å²) in [5.74, 6) is 0. The van der Waals surface area contributed by atoms with Crippen LogP contribution in [0.1, 0.15) is 51.4 Å². The minimum atomic E-state index is 0.784. The molecule has 0 amide bonds. The highest BCUT2D eigenvalue weighted by Gasteiger charge is 2.37. The predicted molar refractivity (Wildman–Crippen MR) is 52.2 cm³/mol. The molecule has 12 heavy (non-hydrogen) atoms. The highest BCUT2D eigenvalue weighted by atomic mass is 14.9. The van der Waals surface area contributed by atoms with Gasteiger partial charge in [0, 0.05) is 6.04 Å². The van der Waals surface area contributed by atoms with Gasteiger partial charge in [-0.3, -0.25) is 0 Å². The number of hydrogen-bond acceptors (Lipinski definition) is 1. The molecule has 0 aromatic carbocycles. The van der Waals surface area contributed by atoms with Gasteiger partial charge >= 0.3 is 0 Å². The number of hydrogen-bond donors (Lipinski definition) is 1. The van der Waals surface area contributed by atoms with E-state index in [2.05, 4.69) is 12.4 Å². The van der Waals surface area contributed by atoms with Crippen molar-refractivity contribution in [1.82, 2.24) is 5.32 Å². The third kappa shape index (κ3) is 1.52. The molecule has 1 atom stereocenters. The quantitative estimate of drug-likeness (QED) is 0.633. The topological polar surface area (TPSA) is 12.0 Å². The zero-order valence-corrected chi connectivity index (χ0v) is 8.23. The molecular weight excluding hydrogens is 146 g/mol. The second-order valence-corrected chi connectivity index (χ2v) is 4.79. The lowest BCUT2D eigenvalue weighted by molar-refractivity contribution is 0.165. The Morgan fingerprint density at radius 1 is 1.08 bits per heavy atom. The summed E-state index contributed by atoms with van der Waals surface area (Å²) in [5, 5.41) is 3.46. The fraction of sp³-hybridized carbons (Fsp3) is 1.00. The molecule has 1 unspecified atom stereocenters. The van der Waals surface area contributed by atoms with E-state index >= 15 is 0 Å². The molecule has 1 heteroatoms. The summed E-state index contributed by atoms with van der Waals surface area (Å²) in [6.07, 6.45) is 11.9. The van der Waals surface area contributed by atoms with Crippen LogP contribution in [0.4, 0.5) is 0 Å². The zero-order chi connectivity index (χ0) is 8.44. The van der Waals surface area contributed by atoms with Crippen molar-refractivity contribution in [1.29, 1.82) is 0 Å². The van der Waals surface area contributed by atoms with Crippen LogP contribution in [0.25, 0.3) is 0 Å². The van der Waals surface area contributed by atoms with Gasteiger partial charge in [-0.25, -0.2) is 0 Å². The summed E-state index contributed by atoms with van der Waals surface area (Å²) in [7, 11) is 2.12. The second-order valence-electron chi connectivity index (χ2n) is 4.79. The third-order valence-electron chi connectivity index (χ3n) is 4.01. The van der Waals surface area contributed by atoms with Crippen LogP contribution < -0.4 is 5.32 Å². The van der Waals surface area contributed by atoms with Crippen molar-refractivity contribution >= 4 is 0 Å². The normalized spacial score (nSPS) is 34.2. The predicted octanol–water partition coefficient (Wildman–Crippen LogP) is 2.71. The van der Waals surface area contributed by atoms with E-state index in [1.807, 2.05) is 0 Å². The standard InChI is InChI=1S/C11H21N/c1-12-10-5-4-8-11(9-10)6-2-3-7-11/h10,12H,2-9H2,1H3. The Hall–Kier alpha value is -0.0400. The Morgan fingerprint density at radius 2 is 1.75 bits per heavy atom. The van der Waals surface area contributed by atoms with E-state index in [-0.39, 0.29) is 0 Å². The van der Waals surface area contributed by atoms with Crippen molar-refractivity contribution in [3.05, 3.63) is 0 Å². The molecule has 2 aliphatic rings. The van der Waals surface area contributed by atoms with Crippen molar-refractivity contribution in [3.8, 4) is 0 Å². The molecule has 0 aliphatic heterocycles. The molecule has 1 spiro atoms. The lowest BCUT2D eigenvalue weighted by Gasteiger charge is -2.38. The lowest BCUT2D eigenvalue weighted by atomic mass is 9.71. The van der Waals surface area contributed by atoms with Gasteiger partial charge in [0.25, 0.3) is 0 Å². The first-order chi connectivity index (χ1) is 5.85. The second kappa shape index (κ2) is 3.37. The molecule has 0 radical (unpaired) electrons. The Morgan fingerprint density at radius 3 is 2.42 bits per heavy atom. The van der Waals surface area contributed by atoms with Gasteiger partial charge in [-0.1, -0.05) is 19.3 Å². The van der Waals surface area contributed by atoms with E-state index < -0.39 is 0 Å². The molecule has 2 saturated carbocycles. The first kappa shape index (κ1) is 8.55. The number of rotatable bonds is 1. The van der Waals surface area contributed by atoms with E-state index in [9.17, 15) is 0 Å². The minimum Gasteiger partial charge on any atom is -0.317 e. The smallest absolute Gasteiger partial charge is 0.00693 e. The minimum absolute atomic E-state index is 0.784. The summed E-state index contributed by atoms with van der Waals surface area (Å²) in [6, 6.07) is 0.830. The van der Waals surface area contributed by atoms with Crippen LogP contribution in [0.3, 0.4) is 0 Å². The molecule has 0 aromatic rings. The van der Waals surface area contributed by atoms with Gasteiger partial charge in [0.2, 0.25) is 0 Å². The molecule has 70 valence electrons. The van der Waals surface area contributed by atoms with Crippen LogP contribution in [0.5, 0.6) is 0 Å². The first-order valence-corrected chi connectivity index (χ1v) is 5.52. The lowest BCUT2D eigenvalue weighted by Crippen LogP contribution is -2.36. The van der Waals surface area contributed by atoms with Gasteiger partial charge in [-0.05, 0) is 44.6 Å². The molecule has 0 heterocycles. The molecule has 0 aromatic heterocycles. The SMILES string of the molecule is CNC1CCCC2(CCCC2)C1. The molecule has 2 rings (SSSR count). The maximum Gasteiger partial charge on any atom is 0.00693 e. The summed E-state index contributed by atoms with van der Waals surface area (Å²) in [5.41, 5.74) is 0.784. The Kier molecular flexibility index (Phi) is 2.40. The van der Waals surface area contributed by atoms with Gasteiger partial charge < -0.3 is 5.32 Å². The monoisotopic (exact) mass is 167 g/mol. The van der Waals surface area contributed by atoms with Crippen molar-refractivity contribution in [3.63, 3.8) is 0 Å². The average molecular weight is 167 g/mol. The van der Waals surface area contributed by atoms with E-state index in [0.29, 0.717) is 0 Å². The van der Waals surface area contributed by atoms with Crippen molar-refractivity contribution in [2.24, 2.45) is 5.41 Å². The van der Waals surface area contributed by atoms with E-state index in [4.69, 9.17) is 0 Å². The van der Waals surface area contributed by atoms with Crippen LogP contribution in [-0.2, 0) is 0 Å². The van der Waals surface area contributed by atoms with Gasteiger partial charge in [-0.2, -0.15) is 0 Å². The summed E-state index contributed by atoms with van der Waals surface area (Å²) in [4.78, 5) is 0. The van der Waals surface area contributed by atoms with Gasteiger partial charge in [0.15, 0.2) is 0 Å². The largest absolute Gasteiger partial charge is 0.317 e. The molecular formula is C11H21N. The highest BCUT2D eigenvalue weighted by molar-refractivity contribution is 4.91. The molecule has 0 saturated heterocycles. The van der Waals surface area contributed by atoms with Gasteiger partial charge in [0.1, 0.15) is 0 Å². The van der Waals surface area contributed by atoms with Crippen molar-refractivity contribution < 1.29 is 0 Å². The Balaban J connectivity index is 1.97. The first-order valence-electron chi connectivity index (χ1n) is 5.52. The fourth-order valence-corrected chi connectivity index (χ4v) is 3.28. The van der Waals surface area contributed by atoms with E-state index in [1.54, 1.807) is 0 Å². The van der Waals surface area contributed by atoms with Crippen LogP contribution >= 0.6 is 0 Å². The van der Waals surface area contributed by atoms with Crippen LogP contribution in [0, 0.1) is 5.41 Å². The Bertz CT molecular complexity index is 147. The van der Waals surface area contributed by atoms with Crippen molar-refractivity contribution in [2.75, 3.05) is 7.05 Å². The maximum absolute atomic E-state index is 3.46. The van der Waals surface area contributed by atoms with E-state index in [1.165, 1.54) is 51.4 Å². The summed E-state index contributed by atoms with van der Waals surface area (Å²) < 4.78 is 0. The maximum atomic E-state index is 3.46. The van der Waals surface area contributed by atoms with Crippen LogP contribution in [0.2, 0.25) is 0 Å². The molecule has 2 fully saturated rings. The van der Waals surface area contributed by atoms with E-state index in [0.717, 1.165) is 11.5 Å².